The third-order valence-corrected chi connectivity index (χ3v) is 0. The summed E-state index contributed by atoms with van der Waals surface area (Å²) in [5, 5.41) is 0. The van der Waals surface area contributed by atoms with Crippen LogP contribution in [0.2, 0.25) is 0 Å². The summed E-state index contributed by atoms with van der Waals surface area (Å²) in [5.41, 5.74) is 0. The van der Waals surface area contributed by atoms with E-state index in [-0.39, 0.29) is 12.4 Å². The van der Waals surface area contributed by atoms with E-state index < -0.39 is 16.0 Å². The minimum absolute atomic E-state index is 0. The monoisotopic (exact) mass is 218 g/mol. The molecule has 0 saturated heterocycles. The van der Waals surface area contributed by atoms with Crippen LogP contribution in [0.15, 0.2) is 0 Å². The fraction of sp³-hybridized carbons (Fsp3) is 0. The molecule has 4 N–H and O–H groups in total. The molecule has 60 valence electrons. The topological polar surface area (TPSA) is 98.0 Å². The van der Waals surface area contributed by atoms with Crippen molar-refractivity contribution in [1.82, 2.24) is 0 Å². The van der Waals surface area contributed by atoms with Gasteiger partial charge < -0.3 is 19.6 Å². The van der Waals surface area contributed by atoms with Gasteiger partial charge in [-0.2, -0.15) is 0 Å². The van der Waals surface area contributed by atoms with Crippen LogP contribution in [0.4, 0.5) is 0 Å². The van der Waals surface area contributed by atoms with E-state index in [4.69, 9.17) is 24.1 Å². The van der Waals surface area contributed by atoms with Crippen molar-refractivity contribution < 1.29 is 24.1 Å². The molecular formula is H6Cl2O5P2. The fourth-order valence-electron chi connectivity index (χ4n) is 0. The van der Waals surface area contributed by atoms with Gasteiger partial charge in [-0.15, -0.1) is 12.4 Å². The maximum atomic E-state index is 9.09. The van der Waals surface area contributed by atoms with Gasteiger partial charge in [-0.1, -0.05) is 0 Å². The summed E-state index contributed by atoms with van der Waals surface area (Å²) in [6, 6.07) is 0. The van der Waals surface area contributed by atoms with Gasteiger partial charge in [0.2, 0.25) is 0 Å². The minimum atomic E-state index is -4.17. The van der Waals surface area contributed by atoms with Gasteiger partial charge >= 0.3 is 6.95 Å². The maximum Gasteiger partial charge on any atom is 0.419 e. The molecule has 0 aliphatic heterocycles. The Balaban J connectivity index is -0.0000000800. The molecule has 0 atom stereocenters. The zero-order valence-electron chi connectivity index (χ0n) is 3.93. The van der Waals surface area contributed by atoms with Gasteiger partial charge in [0.15, 0.2) is 0 Å². The number of halogens is 2. The third kappa shape index (κ3) is 390. The molecule has 0 aliphatic rings. The Morgan fingerprint density at radius 3 is 1.33 bits per heavy atom. The highest BCUT2D eigenvalue weighted by Crippen LogP contribution is 2.39. The molecule has 0 bridgehead atoms. The number of hydrogen-bond acceptors (Lipinski definition) is 3. The first-order valence-corrected chi connectivity index (χ1v) is 4.61. The van der Waals surface area contributed by atoms with Crippen molar-refractivity contribution in [3.05, 3.63) is 0 Å². The van der Waals surface area contributed by atoms with Gasteiger partial charge in [0.05, 0.1) is 0 Å². The Labute approximate surface area is 64.4 Å². The van der Waals surface area contributed by atoms with Gasteiger partial charge in [-0.3, -0.25) is 0 Å². The van der Waals surface area contributed by atoms with Gasteiger partial charge in [0.1, 0.15) is 9.03 Å². The first kappa shape index (κ1) is 16.6. The van der Waals surface area contributed by atoms with Crippen LogP contribution in [0, 0.1) is 0 Å². The second-order valence-corrected chi connectivity index (χ2v) is 3.04. The van der Waals surface area contributed by atoms with Crippen LogP contribution >= 0.6 is 39.6 Å². The van der Waals surface area contributed by atoms with E-state index in [1.807, 2.05) is 0 Å². The lowest BCUT2D eigenvalue weighted by Crippen LogP contribution is -1.54. The molecule has 0 aromatic heterocycles. The summed E-state index contributed by atoms with van der Waals surface area (Å²) >= 11 is 4.20. The molecule has 0 aliphatic carbocycles. The molecule has 0 aromatic rings. The number of rotatable bonds is 0. The first-order valence-electron chi connectivity index (χ1n) is 1.20. The van der Waals surface area contributed by atoms with Crippen molar-refractivity contribution in [2.45, 2.75) is 0 Å². The highest BCUT2D eigenvalue weighted by atomic mass is 35.7. The van der Waals surface area contributed by atoms with Crippen LogP contribution < -0.4 is 0 Å². The van der Waals surface area contributed by atoms with Crippen LogP contribution in [-0.4, -0.2) is 19.6 Å². The van der Waals surface area contributed by atoms with Crippen LogP contribution in [0.1, 0.15) is 0 Å². The van der Waals surface area contributed by atoms with Crippen LogP contribution in [0.25, 0.3) is 0 Å². The molecule has 9 heavy (non-hydrogen) atoms. The summed E-state index contributed by atoms with van der Waals surface area (Å²) in [6.45, 7) is -4.17. The predicted octanol–water partition coefficient (Wildman–Crippen LogP) is 0.219. The average molecular weight is 219 g/mol. The van der Waals surface area contributed by atoms with E-state index in [0.717, 1.165) is 0 Å². The SMILES string of the molecule is Cl.O=P(O)(O)Cl.OPO. The maximum absolute atomic E-state index is 9.09. The summed E-state index contributed by atoms with van der Waals surface area (Å²) in [5.74, 6) is 0. The zero-order chi connectivity index (χ0) is 7.21. The Kier molecular flexibility index (Phi) is 16.7. The second kappa shape index (κ2) is 9.08. The third-order valence-electron chi connectivity index (χ3n) is 0. The average Bonchev–Trinajstić information content (AvgIpc) is 1.27. The Hall–Kier alpha value is 1.08. The van der Waals surface area contributed by atoms with Crippen molar-refractivity contribution >= 4 is 39.6 Å². The van der Waals surface area contributed by atoms with Gasteiger partial charge in [-0.05, 0) is 0 Å². The molecule has 0 amide bonds. The molecule has 0 saturated carbocycles. The lowest BCUT2D eigenvalue weighted by molar-refractivity contribution is 0.395. The molecule has 0 aromatic carbocycles. The zero-order valence-corrected chi connectivity index (χ0v) is 7.40. The Morgan fingerprint density at radius 2 is 1.33 bits per heavy atom. The first-order chi connectivity index (χ1) is 3.41. The lowest BCUT2D eigenvalue weighted by atomic mass is 15.8. The fourth-order valence-corrected chi connectivity index (χ4v) is 0. The summed E-state index contributed by atoms with van der Waals surface area (Å²) in [7, 11) is -0.917. The van der Waals surface area contributed by atoms with E-state index >= 15 is 0 Å². The van der Waals surface area contributed by atoms with Crippen LogP contribution in [0.5, 0.6) is 0 Å². The molecule has 0 heterocycles. The van der Waals surface area contributed by atoms with Crippen molar-refractivity contribution in [2.24, 2.45) is 0 Å². The van der Waals surface area contributed by atoms with E-state index in [9.17, 15) is 0 Å². The minimum Gasteiger partial charge on any atom is -0.352 e. The highest BCUT2D eigenvalue weighted by molar-refractivity contribution is 7.79. The summed E-state index contributed by atoms with van der Waals surface area (Å²) in [4.78, 5) is 29.1. The molecule has 0 unspecified atom stereocenters. The van der Waals surface area contributed by atoms with Gasteiger partial charge in [0, 0.05) is 11.2 Å². The lowest BCUT2D eigenvalue weighted by Gasteiger charge is -1.80. The van der Waals surface area contributed by atoms with E-state index in [1.54, 1.807) is 0 Å². The van der Waals surface area contributed by atoms with E-state index in [2.05, 4.69) is 11.2 Å². The smallest absolute Gasteiger partial charge is 0.352 e. The van der Waals surface area contributed by atoms with Gasteiger partial charge in [-0.25, -0.2) is 4.57 Å². The molecule has 0 fully saturated rings. The molecule has 9 heteroatoms. The largest absolute Gasteiger partial charge is 0.419 e. The van der Waals surface area contributed by atoms with E-state index in [1.165, 1.54) is 0 Å². The van der Waals surface area contributed by atoms with E-state index in [0.29, 0.717) is 0 Å². The molecular weight excluding hydrogens is 213 g/mol. The van der Waals surface area contributed by atoms with Crippen molar-refractivity contribution in [3.63, 3.8) is 0 Å². The van der Waals surface area contributed by atoms with Crippen LogP contribution in [0.3, 0.4) is 0 Å². The summed E-state index contributed by atoms with van der Waals surface area (Å²) < 4.78 is 9.09. The van der Waals surface area contributed by atoms with Crippen LogP contribution in [-0.2, 0) is 4.57 Å². The van der Waals surface area contributed by atoms with Crippen molar-refractivity contribution in [1.29, 1.82) is 0 Å². The highest BCUT2D eigenvalue weighted by Gasteiger charge is 2.01. The second-order valence-electron chi connectivity index (χ2n) is 0.573. The Bertz CT molecular complexity index is 68.8. The predicted molar refractivity (Wildman–Crippen MR) is 37.9 cm³/mol. The standard InChI is InChI=1S/ClH2O3P.ClH.H3O2P/c1-5(2,3)4;;1-3-2/h(H2,2,3,4);1H;1-3H. The molecule has 5 nitrogen and oxygen atoms in total. The Morgan fingerprint density at radius 1 is 1.33 bits per heavy atom. The summed E-state index contributed by atoms with van der Waals surface area (Å²) in [6.07, 6.45) is 0. The molecule has 0 spiro atoms. The number of hydrogen-bond donors (Lipinski definition) is 4. The molecule has 0 rings (SSSR count). The molecule has 0 radical (unpaired) electrons. The van der Waals surface area contributed by atoms with Crippen molar-refractivity contribution in [3.8, 4) is 0 Å². The normalized spacial score (nSPS) is 8.56. The van der Waals surface area contributed by atoms with Gasteiger partial charge in [0.25, 0.3) is 0 Å². The quantitative estimate of drug-likeness (QED) is 0.436. The van der Waals surface area contributed by atoms with Crippen molar-refractivity contribution in [2.75, 3.05) is 0 Å².